The number of rotatable bonds is 5. The summed E-state index contributed by atoms with van der Waals surface area (Å²) in [7, 11) is -3.93. The van der Waals surface area contributed by atoms with Crippen molar-refractivity contribution in [1.29, 1.82) is 0 Å². The maximum absolute atomic E-state index is 13.2. The molecule has 0 radical (unpaired) electrons. The van der Waals surface area contributed by atoms with E-state index in [1.54, 1.807) is 6.92 Å². The first-order valence-electron chi connectivity index (χ1n) is 8.07. The molecule has 0 aromatic heterocycles. The highest BCUT2D eigenvalue weighted by Gasteiger charge is 2.49. The molecular formula is C18H18N2O5S. The number of benzene rings is 2. The molecule has 0 N–H and O–H groups in total. The lowest BCUT2D eigenvalue weighted by molar-refractivity contribution is -0.384. The molecule has 1 saturated heterocycles. The summed E-state index contributed by atoms with van der Waals surface area (Å²) in [5.41, 5.74) is -0.246. The summed E-state index contributed by atoms with van der Waals surface area (Å²) in [4.78, 5) is 21.5. The third kappa shape index (κ3) is 3.02. The molecule has 0 amide bonds. The van der Waals surface area contributed by atoms with Crippen molar-refractivity contribution >= 4 is 22.0 Å². The monoisotopic (exact) mass is 374 g/mol. The van der Waals surface area contributed by atoms with Crippen molar-refractivity contribution in [3.63, 3.8) is 0 Å². The van der Waals surface area contributed by atoms with Gasteiger partial charge in [-0.25, -0.2) is 8.42 Å². The van der Waals surface area contributed by atoms with Crippen LogP contribution in [0, 0.1) is 16.0 Å². The van der Waals surface area contributed by atoms with Gasteiger partial charge in [0.1, 0.15) is 6.29 Å². The first-order valence-corrected chi connectivity index (χ1v) is 9.51. The number of hydrogen-bond donors (Lipinski definition) is 0. The van der Waals surface area contributed by atoms with Crippen molar-refractivity contribution in [3.8, 4) is 0 Å². The van der Waals surface area contributed by atoms with Gasteiger partial charge in [0.2, 0.25) is 10.0 Å². The van der Waals surface area contributed by atoms with Crippen LogP contribution in [0.4, 0.5) is 5.69 Å². The van der Waals surface area contributed by atoms with Crippen LogP contribution in [0.5, 0.6) is 0 Å². The van der Waals surface area contributed by atoms with Gasteiger partial charge in [-0.2, -0.15) is 4.31 Å². The first-order chi connectivity index (χ1) is 12.3. The summed E-state index contributed by atoms with van der Waals surface area (Å²) < 4.78 is 27.7. The zero-order valence-corrected chi connectivity index (χ0v) is 14.9. The highest BCUT2D eigenvalue weighted by Crippen LogP contribution is 2.44. The summed E-state index contributed by atoms with van der Waals surface area (Å²) in [6.07, 6.45) is 1.17. The SMILES string of the molecule is C[C@]1(c2ccccc2)C[C@@H](C=O)CN1S(=O)(=O)c1ccc([N+](=O)[O-])cc1. The molecule has 1 aliphatic heterocycles. The van der Waals surface area contributed by atoms with Crippen molar-refractivity contribution in [2.24, 2.45) is 5.92 Å². The summed E-state index contributed by atoms with van der Waals surface area (Å²) in [6, 6.07) is 14.0. The number of sulfonamides is 1. The molecule has 136 valence electrons. The fourth-order valence-corrected chi connectivity index (χ4v) is 5.30. The lowest BCUT2D eigenvalue weighted by Gasteiger charge is -2.34. The fraction of sp³-hybridized carbons (Fsp3) is 0.278. The van der Waals surface area contributed by atoms with Gasteiger partial charge in [-0.1, -0.05) is 30.3 Å². The number of nitrogens with zero attached hydrogens (tertiary/aromatic N) is 2. The van der Waals surface area contributed by atoms with E-state index in [9.17, 15) is 23.3 Å². The number of carbonyl (C=O) groups excluding carboxylic acids is 1. The normalized spacial score (nSPS) is 23.7. The molecule has 2 aromatic rings. The quantitative estimate of drug-likeness (QED) is 0.455. The summed E-state index contributed by atoms with van der Waals surface area (Å²) >= 11 is 0. The number of nitro benzene ring substituents is 1. The van der Waals surface area contributed by atoms with E-state index in [2.05, 4.69) is 0 Å². The van der Waals surface area contributed by atoms with Gasteiger partial charge in [0.25, 0.3) is 5.69 Å². The molecule has 3 rings (SSSR count). The molecule has 1 heterocycles. The molecule has 2 aromatic carbocycles. The Morgan fingerprint density at radius 3 is 2.31 bits per heavy atom. The molecule has 0 aliphatic carbocycles. The van der Waals surface area contributed by atoms with E-state index in [1.807, 2.05) is 30.3 Å². The van der Waals surface area contributed by atoms with E-state index in [0.717, 1.165) is 11.8 Å². The second-order valence-electron chi connectivity index (χ2n) is 6.53. The Hall–Kier alpha value is -2.58. The van der Waals surface area contributed by atoms with Crippen LogP contribution in [0.1, 0.15) is 18.9 Å². The Bertz CT molecular complexity index is 928. The minimum absolute atomic E-state index is 0.0307. The van der Waals surface area contributed by atoms with E-state index in [0.29, 0.717) is 6.42 Å². The number of nitro groups is 1. The maximum atomic E-state index is 13.2. The van der Waals surface area contributed by atoms with Crippen LogP contribution in [0.3, 0.4) is 0 Å². The van der Waals surface area contributed by atoms with Crippen LogP contribution in [0.25, 0.3) is 0 Å². The average molecular weight is 374 g/mol. The largest absolute Gasteiger partial charge is 0.303 e. The van der Waals surface area contributed by atoms with Gasteiger partial charge in [-0.15, -0.1) is 0 Å². The lowest BCUT2D eigenvalue weighted by Crippen LogP contribution is -2.42. The maximum Gasteiger partial charge on any atom is 0.269 e. The minimum atomic E-state index is -3.93. The van der Waals surface area contributed by atoms with Crippen molar-refractivity contribution in [2.45, 2.75) is 23.8 Å². The van der Waals surface area contributed by atoms with Gasteiger partial charge in [0.15, 0.2) is 0 Å². The molecule has 7 nitrogen and oxygen atoms in total. The molecule has 2 atom stereocenters. The van der Waals surface area contributed by atoms with Crippen LogP contribution < -0.4 is 0 Å². The Balaban J connectivity index is 2.06. The Kier molecular flexibility index (Phi) is 4.64. The van der Waals surface area contributed by atoms with Gasteiger partial charge in [0.05, 0.1) is 15.4 Å². The van der Waals surface area contributed by atoms with Crippen molar-refractivity contribution in [3.05, 3.63) is 70.3 Å². The van der Waals surface area contributed by atoms with Crippen molar-refractivity contribution in [1.82, 2.24) is 4.31 Å². The summed E-state index contributed by atoms with van der Waals surface area (Å²) in [5.74, 6) is -0.409. The predicted octanol–water partition coefficient (Wildman–Crippen LogP) is 2.72. The molecule has 1 aliphatic rings. The summed E-state index contributed by atoms with van der Waals surface area (Å²) in [6.45, 7) is 1.88. The topological polar surface area (TPSA) is 97.6 Å². The smallest absolute Gasteiger partial charge is 0.269 e. The molecule has 8 heteroatoms. The average Bonchev–Trinajstić information content (AvgIpc) is 3.01. The molecule has 0 saturated carbocycles. The molecule has 0 spiro atoms. The van der Waals surface area contributed by atoms with Gasteiger partial charge in [-0.3, -0.25) is 10.1 Å². The zero-order chi connectivity index (χ0) is 18.9. The van der Waals surface area contributed by atoms with Crippen molar-refractivity contribution in [2.75, 3.05) is 6.54 Å². The van der Waals surface area contributed by atoms with E-state index in [1.165, 1.54) is 28.6 Å². The van der Waals surface area contributed by atoms with Crippen LogP contribution in [0.2, 0.25) is 0 Å². The predicted molar refractivity (Wildman–Crippen MR) is 95.0 cm³/mol. The van der Waals surface area contributed by atoms with E-state index >= 15 is 0 Å². The van der Waals surface area contributed by atoms with Crippen molar-refractivity contribution < 1.29 is 18.1 Å². The highest BCUT2D eigenvalue weighted by molar-refractivity contribution is 7.89. The Morgan fingerprint density at radius 2 is 1.77 bits per heavy atom. The van der Waals surface area contributed by atoms with E-state index < -0.39 is 26.4 Å². The molecule has 1 fully saturated rings. The summed E-state index contributed by atoms with van der Waals surface area (Å²) in [5, 5.41) is 10.8. The van der Waals surface area contributed by atoms with Crippen LogP contribution in [0.15, 0.2) is 59.5 Å². The van der Waals surface area contributed by atoms with Gasteiger partial charge >= 0.3 is 0 Å². The first kappa shape index (κ1) is 18.2. The Morgan fingerprint density at radius 1 is 1.15 bits per heavy atom. The number of hydrogen-bond acceptors (Lipinski definition) is 5. The number of aldehydes is 1. The van der Waals surface area contributed by atoms with Crippen LogP contribution in [-0.2, 0) is 20.4 Å². The molecule has 0 unspecified atom stereocenters. The van der Waals surface area contributed by atoms with Crippen LogP contribution in [-0.4, -0.2) is 30.5 Å². The molecule has 26 heavy (non-hydrogen) atoms. The molecular weight excluding hydrogens is 356 g/mol. The van der Waals surface area contributed by atoms with Gasteiger partial charge in [0, 0.05) is 24.6 Å². The zero-order valence-electron chi connectivity index (χ0n) is 14.1. The standard InChI is InChI=1S/C18H18N2O5S/c1-18(15-5-3-2-4-6-15)11-14(13-21)12-19(18)26(24,25)17-9-7-16(8-10-17)20(22)23/h2-10,13-14H,11-12H2,1H3/t14-,18-/m1/s1. The minimum Gasteiger partial charge on any atom is -0.303 e. The third-order valence-electron chi connectivity index (χ3n) is 4.83. The lowest BCUT2D eigenvalue weighted by atomic mass is 9.88. The second kappa shape index (κ2) is 6.62. The fourth-order valence-electron chi connectivity index (χ4n) is 3.47. The number of carbonyl (C=O) groups is 1. The Labute approximate surface area is 151 Å². The van der Waals surface area contributed by atoms with Crippen LogP contribution >= 0.6 is 0 Å². The van der Waals surface area contributed by atoms with Gasteiger partial charge in [-0.05, 0) is 31.0 Å². The molecule has 0 bridgehead atoms. The van der Waals surface area contributed by atoms with E-state index in [4.69, 9.17) is 0 Å². The van der Waals surface area contributed by atoms with Gasteiger partial charge < -0.3 is 4.79 Å². The van der Waals surface area contributed by atoms with E-state index in [-0.39, 0.29) is 17.1 Å². The number of non-ortho nitro benzene ring substituents is 1. The second-order valence-corrected chi connectivity index (χ2v) is 8.39. The highest BCUT2D eigenvalue weighted by atomic mass is 32.2. The third-order valence-corrected chi connectivity index (χ3v) is 6.83.